The lowest BCUT2D eigenvalue weighted by Gasteiger charge is -2.11. The topological polar surface area (TPSA) is 9.86 Å². The Balaban J connectivity index is 1.28. The smallest absolute Gasteiger partial charge is 0.0562 e. The van der Waals surface area contributed by atoms with E-state index in [-0.39, 0.29) is 0 Å². The van der Waals surface area contributed by atoms with E-state index in [0.29, 0.717) is 0 Å². The summed E-state index contributed by atoms with van der Waals surface area (Å²) in [5.74, 6) is 0. The maximum Gasteiger partial charge on any atom is 0.0562 e. The molecule has 0 aliphatic carbocycles. The summed E-state index contributed by atoms with van der Waals surface area (Å²) in [6, 6.07) is 66.6. The van der Waals surface area contributed by atoms with Gasteiger partial charge in [0.2, 0.25) is 0 Å². The first-order valence-electron chi connectivity index (χ1n) is 17.4. The molecule has 0 aliphatic rings. The summed E-state index contributed by atoms with van der Waals surface area (Å²) in [4.78, 5) is 0. The highest BCUT2D eigenvalue weighted by atomic mass is 32.1. The molecule has 0 fully saturated rings. The molecule has 0 unspecified atom stereocenters. The minimum atomic E-state index is 1.16. The van der Waals surface area contributed by atoms with Crippen molar-refractivity contribution >= 4 is 75.1 Å². The van der Waals surface area contributed by atoms with Crippen LogP contribution in [0.5, 0.6) is 0 Å². The zero-order valence-electron chi connectivity index (χ0n) is 27.6. The molecule has 2 nitrogen and oxygen atoms in total. The number of hydrogen-bond donors (Lipinski definition) is 0. The van der Waals surface area contributed by atoms with Crippen LogP contribution in [0.4, 0.5) is 0 Å². The molecular weight excluding hydrogens is 637 g/mol. The lowest BCUT2D eigenvalue weighted by atomic mass is 10.0. The van der Waals surface area contributed by atoms with Crippen LogP contribution >= 0.6 is 11.3 Å². The monoisotopic (exact) mass is 666 g/mol. The molecule has 11 rings (SSSR count). The molecule has 0 saturated heterocycles. The van der Waals surface area contributed by atoms with Crippen molar-refractivity contribution < 1.29 is 0 Å². The van der Waals surface area contributed by atoms with Crippen LogP contribution in [-0.2, 0) is 0 Å². The maximum absolute atomic E-state index is 2.47. The van der Waals surface area contributed by atoms with Crippen molar-refractivity contribution in [2.45, 2.75) is 0 Å². The summed E-state index contributed by atoms with van der Waals surface area (Å²) < 4.78 is 7.55. The summed E-state index contributed by atoms with van der Waals surface area (Å²) in [5.41, 5.74) is 12.1. The molecule has 3 heterocycles. The SMILES string of the molecule is c1ccc(-c2cccc(-n3c4ccccc4c4cc5c6c7c(ccc6n(-c6ccccc6)c5cc43)sc3ccc(-c4ccccc4)cc37)c2)cc1. The van der Waals surface area contributed by atoms with Gasteiger partial charge in [-0.1, -0.05) is 115 Å². The molecular formula is C48H30N2S. The van der Waals surface area contributed by atoms with Crippen LogP contribution in [0.1, 0.15) is 0 Å². The largest absolute Gasteiger partial charge is 0.309 e. The van der Waals surface area contributed by atoms with E-state index in [9.17, 15) is 0 Å². The first kappa shape index (κ1) is 28.4. The third-order valence-corrected chi connectivity index (χ3v) is 11.6. The van der Waals surface area contributed by atoms with Gasteiger partial charge in [0, 0.05) is 53.1 Å². The van der Waals surface area contributed by atoms with Crippen molar-refractivity contribution in [2.75, 3.05) is 0 Å². The molecule has 0 N–H and O–H groups in total. The second-order valence-corrected chi connectivity index (χ2v) is 14.4. The summed E-state index contributed by atoms with van der Waals surface area (Å²) in [6.07, 6.45) is 0. The zero-order chi connectivity index (χ0) is 33.5. The van der Waals surface area contributed by atoms with E-state index in [1.807, 2.05) is 11.3 Å². The van der Waals surface area contributed by atoms with Gasteiger partial charge in [-0.3, -0.25) is 0 Å². The fourth-order valence-corrected chi connectivity index (χ4v) is 9.33. The molecule has 0 bridgehead atoms. The number of thiophene rings is 1. The van der Waals surface area contributed by atoms with Crippen molar-refractivity contribution in [3.8, 4) is 33.6 Å². The van der Waals surface area contributed by atoms with Gasteiger partial charge >= 0.3 is 0 Å². The average Bonchev–Trinajstić information content (AvgIpc) is 3.85. The molecule has 0 amide bonds. The van der Waals surface area contributed by atoms with Crippen LogP contribution in [0.15, 0.2) is 182 Å². The van der Waals surface area contributed by atoms with Crippen molar-refractivity contribution in [3.05, 3.63) is 182 Å². The Morgan fingerprint density at radius 1 is 0.294 bits per heavy atom. The molecule has 0 saturated carbocycles. The van der Waals surface area contributed by atoms with Crippen molar-refractivity contribution in [3.63, 3.8) is 0 Å². The normalized spacial score (nSPS) is 11.9. The Bertz CT molecular complexity index is 3110. The Morgan fingerprint density at radius 3 is 1.69 bits per heavy atom. The van der Waals surface area contributed by atoms with Gasteiger partial charge in [-0.05, 0) is 89.0 Å². The zero-order valence-corrected chi connectivity index (χ0v) is 28.4. The summed E-state index contributed by atoms with van der Waals surface area (Å²) in [5, 5.41) is 7.76. The molecule has 0 atom stereocenters. The van der Waals surface area contributed by atoms with E-state index in [1.54, 1.807) is 0 Å². The highest BCUT2D eigenvalue weighted by Crippen LogP contribution is 2.46. The summed E-state index contributed by atoms with van der Waals surface area (Å²) in [7, 11) is 0. The second-order valence-electron chi connectivity index (χ2n) is 13.3. The number of rotatable bonds is 4. The van der Waals surface area contributed by atoms with E-state index < -0.39 is 0 Å². The van der Waals surface area contributed by atoms with Gasteiger partial charge in [-0.2, -0.15) is 0 Å². The van der Waals surface area contributed by atoms with Crippen LogP contribution in [0.2, 0.25) is 0 Å². The Labute approximate surface area is 298 Å². The van der Waals surface area contributed by atoms with Crippen molar-refractivity contribution in [2.24, 2.45) is 0 Å². The Hall–Kier alpha value is -6.42. The van der Waals surface area contributed by atoms with Crippen LogP contribution in [0.3, 0.4) is 0 Å². The maximum atomic E-state index is 2.47. The molecule has 3 heteroatoms. The number of benzene rings is 8. The highest BCUT2D eigenvalue weighted by Gasteiger charge is 2.21. The van der Waals surface area contributed by atoms with E-state index in [2.05, 4.69) is 191 Å². The number of para-hydroxylation sites is 2. The molecule has 238 valence electrons. The molecule has 0 radical (unpaired) electrons. The third-order valence-electron chi connectivity index (χ3n) is 10.5. The fourth-order valence-electron chi connectivity index (χ4n) is 8.23. The quantitative estimate of drug-likeness (QED) is 0.177. The van der Waals surface area contributed by atoms with Crippen molar-refractivity contribution in [1.29, 1.82) is 0 Å². The van der Waals surface area contributed by atoms with Crippen LogP contribution in [0.25, 0.3) is 97.4 Å². The lowest BCUT2D eigenvalue weighted by Crippen LogP contribution is -1.96. The number of hydrogen-bond acceptors (Lipinski definition) is 1. The Morgan fingerprint density at radius 2 is 0.902 bits per heavy atom. The molecule has 3 aromatic heterocycles. The third kappa shape index (κ3) is 4.29. The Kier molecular flexibility index (Phi) is 6.16. The van der Waals surface area contributed by atoms with E-state index in [4.69, 9.17) is 0 Å². The van der Waals surface area contributed by atoms with E-state index in [0.717, 1.165) is 11.4 Å². The van der Waals surface area contributed by atoms with Gasteiger partial charge < -0.3 is 9.13 Å². The molecule has 11 aromatic rings. The predicted octanol–water partition coefficient (Wildman–Crippen LogP) is 13.6. The van der Waals surface area contributed by atoms with Gasteiger partial charge in [0.1, 0.15) is 0 Å². The molecule has 0 aliphatic heterocycles. The predicted molar refractivity (Wildman–Crippen MR) is 219 cm³/mol. The van der Waals surface area contributed by atoms with Crippen molar-refractivity contribution in [1.82, 2.24) is 9.13 Å². The first-order valence-corrected chi connectivity index (χ1v) is 18.3. The van der Waals surface area contributed by atoms with Gasteiger partial charge in [-0.25, -0.2) is 0 Å². The van der Waals surface area contributed by atoms with Gasteiger partial charge in [-0.15, -0.1) is 11.3 Å². The molecule has 0 spiro atoms. The fraction of sp³-hybridized carbons (Fsp3) is 0. The summed E-state index contributed by atoms with van der Waals surface area (Å²) >= 11 is 1.89. The summed E-state index contributed by atoms with van der Waals surface area (Å²) in [6.45, 7) is 0. The number of aromatic nitrogens is 2. The van der Waals surface area contributed by atoms with Gasteiger partial charge in [0.25, 0.3) is 0 Å². The first-order chi connectivity index (χ1) is 25.3. The minimum Gasteiger partial charge on any atom is -0.309 e. The van der Waals surface area contributed by atoms with E-state index in [1.165, 1.54) is 86.0 Å². The van der Waals surface area contributed by atoms with Crippen LogP contribution in [-0.4, -0.2) is 9.13 Å². The number of fused-ring (bicyclic) bond motifs is 10. The van der Waals surface area contributed by atoms with Gasteiger partial charge in [0.15, 0.2) is 0 Å². The van der Waals surface area contributed by atoms with E-state index >= 15 is 0 Å². The standard InChI is InChI=1S/C48H30N2S/c1-4-13-31(14-5-1)33-17-12-20-36(27-33)50-41-22-11-10-21-37(41)38-29-39-44(30-43(38)50)49(35-18-8-3-9-19-35)42-24-26-46-48(47(39)42)40-28-34(23-25-45(40)51-46)32-15-6-2-7-16-32/h1-30H. The second kappa shape index (κ2) is 11.0. The van der Waals surface area contributed by atoms with Crippen LogP contribution < -0.4 is 0 Å². The lowest BCUT2D eigenvalue weighted by molar-refractivity contribution is 1.17. The molecule has 51 heavy (non-hydrogen) atoms. The van der Waals surface area contributed by atoms with Gasteiger partial charge in [0.05, 0.1) is 22.1 Å². The number of nitrogens with zero attached hydrogens (tertiary/aromatic N) is 2. The average molecular weight is 667 g/mol. The highest BCUT2D eigenvalue weighted by molar-refractivity contribution is 7.26. The minimum absolute atomic E-state index is 1.16. The van der Waals surface area contributed by atoms with Crippen LogP contribution in [0, 0.1) is 0 Å². The molecule has 8 aromatic carbocycles.